The van der Waals surface area contributed by atoms with Crippen LogP contribution in [0.1, 0.15) is 42.7 Å². The average molecular weight is 326 g/mol. The van der Waals surface area contributed by atoms with Crippen LogP contribution in [-0.2, 0) is 7.05 Å². The van der Waals surface area contributed by atoms with E-state index in [1.165, 1.54) is 0 Å². The molecule has 1 aliphatic rings. The number of fused-ring (bicyclic) bond motifs is 1. The van der Waals surface area contributed by atoms with Crippen LogP contribution in [0.4, 0.5) is 0 Å². The minimum Gasteiger partial charge on any atom is -0.357 e. The molecule has 0 saturated carbocycles. The van der Waals surface area contributed by atoms with Gasteiger partial charge in [-0.05, 0) is 34.8 Å². The zero-order valence-corrected chi connectivity index (χ0v) is 13.1. The molecule has 5 nitrogen and oxygen atoms in total. The van der Waals surface area contributed by atoms with Crippen LogP contribution in [0.5, 0.6) is 0 Å². The number of halogens is 1. The largest absolute Gasteiger partial charge is 0.357 e. The van der Waals surface area contributed by atoms with Crippen molar-refractivity contribution in [2.45, 2.75) is 26.7 Å². The van der Waals surface area contributed by atoms with Gasteiger partial charge in [0.15, 0.2) is 5.69 Å². The topological polar surface area (TPSA) is 52.2 Å². The highest BCUT2D eigenvalue weighted by molar-refractivity contribution is 9.10. The summed E-state index contributed by atoms with van der Waals surface area (Å²) in [6.07, 6.45) is 4.00. The van der Waals surface area contributed by atoms with Crippen molar-refractivity contribution >= 4 is 27.9 Å². The van der Waals surface area contributed by atoms with Gasteiger partial charge in [0.1, 0.15) is 10.4 Å². The predicted octanol–water partition coefficient (Wildman–Crippen LogP) is 2.36. The Bertz CT molecular complexity index is 515. The van der Waals surface area contributed by atoms with E-state index in [1.807, 2.05) is 6.08 Å². The highest BCUT2D eigenvalue weighted by Crippen LogP contribution is 2.27. The number of carbonyl (C=O) groups excluding carboxylic acids is 1. The molecule has 0 spiro atoms. The molecule has 0 fully saturated rings. The molecule has 1 aromatic rings. The van der Waals surface area contributed by atoms with Crippen molar-refractivity contribution in [3.63, 3.8) is 0 Å². The van der Waals surface area contributed by atoms with E-state index in [0.29, 0.717) is 5.69 Å². The molecular formula is C13H18BrN4O. The molecule has 0 bridgehead atoms. The standard InChI is InChI=1S/C13H18BrN4O/c1-4-6-18(7-5-2)10-8-9-11(13(19)15-10)16-17(3)12(9)14/h8H,4-7H2,1-3H3. The van der Waals surface area contributed by atoms with Crippen LogP contribution in [0.25, 0.3) is 6.08 Å². The van der Waals surface area contributed by atoms with Gasteiger partial charge in [-0.15, -0.1) is 0 Å². The Morgan fingerprint density at radius 2 is 1.95 bits per heavy atom. The summed E-state index contributed by atoms with van der Waals surface area (Å²) in [5.74, 6) is 0.487. The Morgan fingerprint density at radius 3 is 2.53 bits per heavy atom. The molecule has 0 unspecified atom stereocenters. The Balaban J connectivity index is 2.37. The van der Waals surface area contributed by atoms with Crippen LogP contribution in [0.3, 0.4) is 0 Å². The number of aryl methyl sites for hydroxylation is 1. The highest BCUT2D eigenvalue weighted by Gasteiger charge is 2.28. The third-order valence-corrected chi connectivity index (χ3v) is 3.96. The van der Waals surface area contributed by atoms with Gasteiger partial charge in [0, 0.05) is 25.7 Å². The smallest absolute Gasteiger partial charge is 0.300 e. The summed E-state index contributed by atoms with van der Waals surface area (Å²) in [6.45, 7) is 6.06. The fourth-order valence-electron chi connectivity index (χ4n) is 2.17. The lowest BCUT2D eigenvalue weighted by molar-refractivity contribution is 0.0938. The first-order chi connectivity index (χ1) is 9.08. The average Bonchev–Trinajstić information content (AvgIpc) is 2.67. The molecule has 0 N–H and O–H groups in total. The van der Waals surface area contributed by atoms with Crippen molar-refractivity contribution < 1.29 is 4.79 Å². The van der Waals surface area contributed by atoms with Gasteiger partial charge in [-0.1, -0.05) is 13.8 Å². The van der Waals surface area contributed by atoms with Gasteiger partial charge >= 0.3 is 0 Å². The summed E-state index contributed by atoms with van der Waals surface area (Å²) >= 11 is 3.46. The molecule has 6 heteroatoms. The molecule has 0 aliphatic carbocycles. The number of aromatic nitrogens is 2. The maximum atomic E-state index is 12.0. The first-order valence-corrected chi connectivity index (χ1v) is 7.33. The summed E-state index contributed by atoms with van der Waals surface area (Å²) in [5, 5.41) is 8.35. The summed E-state index contributed by atoms with van der Waals surface area (Å²) in [4.78, 5) is 14.2. The van der Waals surface area contributed by atoms with E-state index in [4.69, 9.17) is 0 Å². The minimum absolute atomic E-state index is 0.258. The van der Waals surface area contributed by atoms with Crippen molar-refractivity contribution in [1.29, 1.82) is 0 Å². The van der Waals surface area contributed by atoms with Gasteiger partial charge in [-0.25, -0.2) is 0 Å². The monoisotopic (exact) mass is 325 g/mol. The third-order valence-electron chi connectivity index (χ3n) is 3.01. The molecule has 1 radical (unpaired) electrons. The second kappa shape index (κ2) is 5.77. The lowest BCUT2D eigenvalue weighted by Gasteiger charge is -2.26. The second-order valence-electron chi connectivity index (χ2n) is 4.58. The van der Waals surface area contributed by atoms with Gasteiger partial charge < -0.3 is 4.90 Å². The van der Waals surface area contributed by atoms with Crippen LogP contribution in [0.15, 0.2) is 10.4 Å². The molecule has 1 aliphatic heterocycles. The zero-order valence-electron chi connectivity index (χ0n) is 11.5. The second-order valence-corrected chi connectivity index (χ2v) is 5.33. The molecule has 2 rings (SSSR count). The van der Waals surface area contributed by atoms with E-state index >= 15 is 0 Å². The number of rotatable bonds is 5. The molecule has 0 aromatic carbocycles. The Labute approximate surface area is 121 Å². The predicted molar refractivity (Wildman–Crippen MR) is 77.5 cm³/mol. The van der Waals surface area contributed by atoms with Crippen LogP contribution in [0.2, 0.25) is 0 Å². The fourth-order valence-corrected chi connectivity index (χ4v) is 2.55. The zero-order chi connectivity index (χ0) is 14.0. The van der Waals surface area contributed by atoms with E-state index in [2.05, 4.69) is 45.1 Å². The van der Waals surface area contributed by atoms with Crippen molar-refractivity contribution in [3.05, 3.63) is 21.7 Å². The summed E-state index contributed by atoms with van der Waals surface area (Å²) in [6, 6.07) is 0. The highest BCUT2D eigenvalue weighted by atomic mass is 79.9. The summed E-state index contributed by atoms with van der Waals surface area (Å²) in [5.41, 5.74) is 1.25. The van der Waals surface area contributed by atoms with E-state index in [-0.39, 0.29) is 5.91 Å². The fraction of sp³-hybridized carbons (Fsp3) is 0.538. The van der Waals surface area contributed by atoms with Gasteiger partial charge in [0.25, 0.3) is 5.91 Å². The summed E-state index contributed by atoms with van der Waals surface area (Å²) < 4.78 is 2.47. The molecule has 1 amide bonds. The minimum atomic E-state index is -0.258. The molecule has 103 valence electrons. The Hall–Kier alpha value is -1.30. The van der Waals surface area contributed by atoms with Crippen LogP contribution in [0, 0.1) is 0 Å². The molecule has 0 saturated heterocycles. The maximum Gasteiger partial charge on any atom is 0.300 e. The Morgan fingerprint density at radius 1 is 1.32 bits per heavy atom. The first kappa shape index (κ1) is 14.1. The van der Waals surface area contributed by atoms with Crippen molar-refractivity contribution in [2.24, 2.45) is 7.05 Å². The van der Waals surface area contributed by atoms with E-state index in [9.17, 15) is 4.79 Å². The van der Waals surface area contributed by atoms with Gasteiger partial charge in [0.05, 0.1) is 0 Å². The van der Waals surface area contributed by atoms with Crippen LogP contribution >= 0.6 is 15.9 Å². The van der Waals surface area contributed by atoms with Crippen molar-refractivity contribution in [3.8, 4) is 0 Å². The van der Waals surface area contributed by atoms with Crippen molar-refractivity contribution in [2.75, 3.05) is 13.1 Å². The number of hydrogen-bond acceptors (Lipinski definition) is 3. The molecule has 1 aromatic heterocycles. The van der Waals surface area contributed by atoms with Gasteiger partial charge in [-0.3, -0.25) is 9.48 Å². The maximum absolute atomic E-state index is 12.0. The van der Waals surface area contributed by atoms with Crippen molar-refractivity contribution in [1.82, 2.24) is 20.0 Å². The lowest BCUT2D eigenvalue weighted by Crippen LogP contribution is -2.34. The normalized spacial score (nSPS) is 13.9. The van der Waals surface area contributed by atoms with E-state index in [1.54, 1.807) is 11.7 Å². The molecule has 0 atom stereocenters. The van der Waals surface area contributed by atoms with E-state index < -0.39 is 0 Å². The molecule has 2 heterocycles. The first-order valence-electron chi connectivity index (χ1n) is 6.53. The Kier molecular flexibility index (Phi) is 4.29. The van der Waals surface area contributed by atoms with Gasteiger partial charge in [-0.2, -0.15) is 10.4 Å². The quantitative estimate of drug-likeness (QED) is 0.835. The molecule has 19 heavy (non-hydrogen) atoms. The third kappa shape index (κ3) is 2.68. The lowest BCUT2D eigenvalue weighted by atomic mass is 10.1. The summed E-state index contributed by atoms with van der Waals surface area (Å²) in [7, 11) is 1.80. The number of hydrogen-bond donors (Lipinski definition) is 0. The molecular weight excluding hydrogens is 308 g/mol. The number of nitrogens with zero attached hydrogens (tertiary/aromatic N) is 4. The van der Waals surface area contributed by atoms with Gasteiger partial charge in [0.2, 0.25) is 0 Å². The number of carbonyl (C=O) groups is 1. The number of amides is 1. The van der Waals surface area contributed by atoms with Crippen LogP contribution in [-0.4, -0.2) is 33.7 Å². The SMILES string of the molecule is CCCN(CCC)C1=Cc2c(nn(C)c2Br)C(=O)[N]1. The van der Waals surface area contributed by atoms with Crippen LogP contribution < -0.4 is 5.32 Å². The van der Waals surface area contributed by atoms with E-state index in [0.717, 1.165) is 41.9 Å².